The molecule has 1 N–H and O–H groups in total. The number of carbonyl (C=O) groups excluding carboxylic acids is 2. The zero-order chi connectivity index (χ0) is 16.7. The quantitative estimate of drug-likeness (QED) is 0.772. The number of nitrogens with zero attached hydrogens (tertiary/aromatic N) is 2. The number of benzene rings is 1. The maximum Gasteiger partial charge on any atom is 0.325 e. The van der Waals surface area contributed by atoms with Crippen LogP contribution >= 0.6 is 11.8 Å². The molecule has 1 aromatic rings. The van der Waals surface area contributed by atoms with Crippen LogP contribution in [0.3, 0.4) is 0 Å². The number of para-hydroxylation sites is 1. The smallest absolute Gasteiger partial charge is 0.325 e. The lowest BCUT2D eigenvalue weighted by Gasteiger charge is -2.34. The van der Waals surface area contributed by atoms with Crippen LogP contribution in [-0.4, -0.2) is 46.5 Å². The molecule has 22 heavy (non-hydrogen) atoms. The van der Waals surface area contributed by atoms with Crippen molar-refractivity contribution in [1.29, 1.82) is 0 Å². The summed E-state index contributed by atoms with van der Waals surface area (Å²) < 4.78 is 0. The predicted molar refractivity (Wildman–Crippen MR) is 86.5 cm³/mol. The number of hydrazine groups is 1. The van der Waals surface area contributed by atoms with E-state index in [1.165, 1.54) is 16.9 Å². The van der Waals surface area contributed by atoms with Gasteiger partial charge in [-0.1, -0.05) is 36.9 Å². The van der Waals surface area contributed by atoms with E-state index in [0.29, 0.717) is 11.4 Å². The van der Waals surface area contributed by atoms with Gasteiger partial charge in [0, 0.05) is 25.6 Å². The molecule has 0 aromatic heterocycles. The van der Waals surface area contributed by atoms with E-state index in [4.69, 9.17) is 5.11 Å². The molecular weight excluding hydrogens is 304 g/mol. The minimum absolute atomic E-state index is 0.0687. The van der Waals surface area contributed by atoms with Crippen LogP contribution in [-0.2, 0) is 14.4 Å². The number of hydrogen-bond donors (Lipinski definition) is 1. The van der Waals surface area contributed by atoms with E-state index in [1.54, 1.807) is 26.1 Å². The van der Waals surface area contributed by atoms with Gasteiger partial charge < -0.3 is 5.11 Å². The molecule has 120 valence electrons. The SMILES string of the molecule is CC(=O)SCC(C)C(=O)N(CC(=O)O)N(C)c1ccccc1. The summed E-state index contributed by atoms with van der Waals surface area (Å²) in [6.45, 7) is 2.69. The highest BCUT2D eigenvalue weighted by atomic mass is 32.2. The molecule has 1 unspecified atom stereocenters. The van der Waals surface area contributed by atoms with Crippen LogP contribution < -0.4 is 5.01 Å². The van der Waals surface area contributed by atoms with Gasteiger partial charge in [-0.05, 0) is 12.1 Å². The Morgan fingerprint density at radius 2 is 1.82 bits per heavy atom. The minimum Gasteiger partial charge on any atom is -0.480 e. The molecule has 1 rings (SSSR count). The van der Waals surface area contributed by atoms with Crippen LogP contribution in [0.15, 0.2) is 30.3 Å². The Morgan fingerprint density at radius 3 is 2.32 bits per heavy atom. The summed E-state index contributed by atoms with van der Waals surface area (Å²) in [5.74, 6) is -1.56. The second-order valence-electron chi connectivity index (χ2n) is 4.85. The van der Waals surface area contributed by atoms with Crippen LogP contribution in [0.4, 0.5) is 5.69 Å². The van der Waals surface area contributed by atoms with Crippen molar-refractivity contribution in [2.75, 3.05) is 24.4 Å². The first-order chi connectivity index (χ1) is 10.3. The van der Waals surface area contributed by atoms with Crippen LogP contribution in [0.1, 0.15) is 13.8 Å². The number of carboxylic acid groups (broad SMARTS) is 1. The van der Waals surface area contributed by atoms with Gasteiger partial charge in [0.1, 0.15) is 6.54 Å². The molecule has 7 heteroatoms. The molecule has 0 heterocycles. The minimum atomic E-state index is -1.09. The van der Waals surface area contributed by atoms with Gasteiger partial charge in [0.05, 0.1) is 5.69 Å². The molecule has 0 aliphatic rings. The molecule has 0 saturated heterocycles. The molecule has 0 bridgehead atoms. The molecular formula is C15H20N2O4S. The Balaban J connectivity index is 2.89. The number of amides is 1. The summed E-state index contributed by atoms with van der Waals surface area (Å²) >= 11 is 1.06. The highest BCUT2D eigenvalue weighted by Crippen LogP contribution is 2.18. The average Bonchev–Trinajstić information content (AvgIpc) is 2.49. The number of carboxylic acids is 1. The first-order valence-electron chi connectivity index (χ1n) is 6.78. The van der Waals surface area contributed by atoms with Crippen molar-refractivity contribution in [2.24, 2.45) is 5.92 Å². The number of aliphatic carboxylic acids is 1. The van der Waals surface area contributed by atoms with Gasteiger partial charge in [-0.3, -0.25) is 19.4 Å². The lowest BCUT2D eigenvalue weighted by molar-refractivity contribution is -0.146. The summed E-state index contributed by atoms with van der Waals surface area (Å²) in [7, 11) is 1.64. The second-order valence-corrected chi connectivity index (χ2v) is 6.05. The van der Waals surface area contributed by atoms with Crippen molar-refractivity contribution < 1.29 is 19.5 Å². The Hall–Kier alpha value is -2.02. The van der Waals surface area contributed by atoms with E-state index in [-0.39, 0.29) is 11.0 Å². The summed E-state index contributed by atoms with van der Waals surface area (Å²) in [5, 5.41) is 11.7. The van der Waals surface area contributed by atoms with Gasteiger partial charge in [0.15, 0.2) is 5.12 Å². The van der Waals surface area contributed by atoms with Gasteiger partial charge >= 0.3 is 5.97 Å². The molecule has 0 radical (unpaired) electrons. The number of anilines is 1. The van der Waals surface area contributed by atoms with Gasteiger partial charge in [-0.25, -0.2) is 5.01 Å². The van der Waals surface area contributed by atoms with E-state index >= 15 is 0 Å². The Kier molecular flexibility index (Phi) is 6.91. The van der Waals surface area contributed by atoms with Gasteiger partial charge in [0.25, 0.3) is 0 Å². The first kappa shape index (κ1) is 18.0. The highest BCUT2D eigenvalue weighted by Gasteiger charge is 2.26. The topological polar surface area (TPSA) is 77.9 Å². The van der Waals surface area contributed by atoms with Crippen molar-refractivity contribution in [3.05, 3.63) is 30.3 Å². The monoisotopic (exact) mass is 324 g/mol. The average molecular weight is 324 g/mol. The van der Waals surface area contributed by atoms with Gasteiger partial charge in [-0.15, -0.1) is 0 Å². The predicted octanol–water partition coefficient (Wildman–Crippen LogP) is 1.87. The van der Waals surface area contributed by atoms with E-state index in [9.17, 15) is 14.4 Å². The van der Waals surface area contributed by atoms with Crippen LogP contribution in [0, 0.1) is 5.92 Å². The third kappa shape index (κ3) is 5.40. The number of carbonyl (C=O) groups is 3. The van der Waals surface area contributed by atoms with E-state index in [1.807, 2.05) is 18.2 Å². The first-order valence-corrected chi connectivity index (χ1v) is 7.76. The summed E-state index contributed by atoms with van der Waals surface area (Å²) in [5.41, 5.74) is 0.712. The third-order valence-electron chi connectivity index (χ3n) is 2.99. The fourth-order valence-corrected chi connectivity index (χ4v) is 2.44. The van der Waals surface area contributed by atoms with Crippen molar-refractivity contribution in [1.82, 2.24) is 5.01 Å². The molecule has 1 aromatic carbocycles. The van der Waals surface area contributed by atoms with Crippen molar-refractivity contribution in [2.45, 2.75) is 13.8 Å². The lowest BCUT2D eigenvalue weighted by Crippen LogP contribution is -2.49. The molecule has 0 aliphatic carbocycles. The maximum atomic E-state index is 12.5. The fourth-order valence-electron chi connectivity index (χ4n) is 1.81. The summed E-state index contributed by atoms with van der Waals surface area (Å²) in [4.78, 5) is 34.6. The summed E-state index contributed by atoms with van der Waals surface area (Å²) in [6.07, 6.45) is 0. The van der Waals surface area contributed by atoms with Crippen LogP contribution in [0.5, 0.6) is 0 Å². The van der Waals surface area contributed by atoms with Crippen molar-refractivity contribution >= 4 is 34.4 Å². The molecule has 0 spiro atoms. The third-order valence-corrected chi connectivity index (χ3v) is 4.06. The molecule has 6 nitrogen and oxygen atoms in total. The van der Waals surface area contributed by atoms with Crippen LogP contribution in [0.25, 0.3) is 0 Å². The Morgan fingerprint density at radius 1 is 1.23 bits per heavy atom. The molecule has 0 saturated carbocycles. The normalized spacial score (nSPS) is 11.6. The summed E-state index contributed by atoms with van der Waals surface area (Å²) in [6, 6.07) is 9.04. The molecule has 0 aliphatic heterocycles. The number of thioether (sulfide) groups is 1. The van der Waals surface area contributed by atoms with E-state index in [0.717, 1.165) is 11.8 Å². The Bertz CT molecular complexity index is 536. The maximum absolute atomic E-state index is 12.5. The zero-order valence-electron chi connectivity index (χ0n) is 12.9. The standard InChI is InChI=1S/C15H20N2O4S/c1-11(10-22-12(2)18)15(21)17(9-14(19)20)16(3)13-7-5-4-6-8-13/h4-8,11H,9-10H2,1-3H3,(H,19,20). The molecule has 1 atom stereocenters. The molecule has 1 amide bonds. The largest absolute Gasteiger partial charge is 0.480 e. The van der Waals surface area contributed by atoms with Crippen molar-refractivity contribution in [3.8, 4) is 0 Å². The number of rotatable bonds is 7. The van der Waals surface area contributed by atoms with E-state index < -0.39 is 18.4 Å². The zero-order valence-corrected chi connectivity index (χ0v) is 13.7. The van der Waals surface area contributed by atoms with Crippen LogP contribution in [0.2, 0.25) is 0 Å². The number of hydrogen-bond acceptors (Lipinski definition) is 5. The van der Waals surface area contributed by atoms with E-state index in [2.05, 4.69) is 0 Å². The fraction of sp³-hybridized carbons (Fsp3) is 0.400. The van der Waals surface area contributed by atoms with Gasteiger partial charge in [-0.2, -0.15) is 0 Å². The van der Waals surface area contributed by atoms with Gasteiger partial charge in [0.2, 0.25) is 5.91 Å². The second kappa shape index (κ2) is 8.43. The lowest BCUT2D eigenvalue weighted by atomic mass is 10.2. The van der Waals surface area contributed by atoms with Crippen molar-refractivity contribution in [3.63, 3.8) is 0 Å². The molecule has 0 fully saturated rings. The highest BCUT2D eigenvalue weighted by molar-refractivity contribution is 8.13. The Labute approximate surface area is 134 Å².